The van der Waals surface area contributed by atoms with Crippen LogP contribution in [-0.4, -0.2) is 54.3 Å². The van der Waals surface area contributed by atoms with E-state index < -0.39 is 5.91 Å². The molecule has 2 N–H and O–H groups in total. The number of carbonyl (C=O) groups is 2. The van der Waals surface area contributed by atoms with Gasteiger partial charge in [-0.3, -0.25) is 9.59 Å². The molecule has 1 aromatic carbocycles. The van der Waals surface area contributed by atoms with E-state index in [0.29, 0.717) is 30.2 Å². The number of nitrogens with two attached hydrogens (primary N) is 1. The van der Waals surface area contributed by atoms with Crippen molar-refractivity contribution in [3.8, 4) is 11.6 Å². The monoisotopic (exact) mass is 804 g/mol. The summed E-state index contributed by atoms with van der Waals surface area (Å²) in [5, 5.41) is 1.50. The Morgan fingerprint density at radius 3 is 2.68 bits per heavy atom. The Balaban J connectivity index is 0.000000631. The molecule has 170 valence electrons. The summed E-state index contributed by atoms with van der Waals surface area (Å²) in [4.78, 5) is 29.5. The Kier molecular flexibility index (Phi) is 11.4. The third-order valence-electron chi connectivity index (χ3n) is 4.67. The van der Waals surface area contributed by atoms with Crippen LogP contribution in [0.1, 0.15) is 23.2 Å². The SMILES string of the molecule is NC(=O)c1cc2ccnc3c2cc1OCCOCN1C(=O)CC[C@H]1CO3.[CH3-].[I][V]([I])[I]. The van der Waals surface area contributed by atoms with E-state index in [9.17, 15) is 9.59 Å². The molecule has 2 amide bonds. The van der Waals surface area contributed by atoms with Crippen LogP contribution in [0.3, 0.4) is 0 Å². The molecule has 0 radical (unpaired) electrons. The molecule has 1 saturated heterocycles. The molecule has 12 heteroatoms. The van der Waals surface area contributed by atoms with Gasteiger partial charge in [0.15, 0.2) is 0 Å². The Bertz CT molecular complexity index is 931. The number of nitrogens with zero attached hydrogens (tertiary/aromatic N) is 2. The van der Waals surface area contributed by atoms with Gasteiger partial charge in [-0.1, -0.05) is 0 Å². The van der Waals surface area contributed by atoms with Gasteiger partial charge in [0.05, 0.1) is 18.2 Å². The fourth-order valence-corrected chi connectivity index (χ4v) is 3.29. The van der Waals surface area contributed by atoms with Crippen LogP contribution in [0.5, 0.6) is 11.6 Å². The van der Waals surface area contributed by atoms with Crippen LogP contribution >= 0.6 is 59.9 Å². The molecule has 1 aromatic heterocycles. The van der Waals surface area contributed by atoms with Gasteiger partial charge in [-0.2, -0.15) is 0 Å². The van der Waals surface area contributed by atoms with Crippen molar-refractivity contribution in [2.75, 3.05) is 26.6 Å². The number of hydrogen-bond acceptors (Lipinski definition) is 6. The van der Waals surface area contributed by atoms with E-state index in [1.165, 1.54) is 0 Å². The molecule has 8 nitrogen and oxygen atoms in total. The van der Waals surface area contributed by atoms with Crippen molar-refractivity contribution in [3.63, 3.8) is 0 Å². The quantitative estimate of drug-likeness (QED) is 0.343. The molecule has 2 bridgehead atoms. The predicted octanol–water partition coefficient (Wildman–Crippen LogP) is 4.17. The number of ether oxygens (including phenoxy) is 3. The molecule has 0 saturated carbocycles. The van der Waals surface area contributed by atoms with Gasteiger partial charge in [-0.05, 0) is 30.0 Å². The average Bonchev–Trinajstić information content (AvgIpc) is 3.04. The van der Waals surface area contributed by atoms with E-state index in [1.807, 2.05) is 0 Å². The summed E-state index contributed by atoms with van der Waals surface area (Å²) in [6, 6.07) is 5.12. The molecule has 4 rings (SSSR count). The molecule has 31 heavy (non-hydrogen) atoms. The summed E-state index contributed by atoms with van der Waals surface area (Å²) in [6.45, 7) is 1.03. The summed E-state index contributed by atoms with van der Waals surface area (Å²) >= 11 is 7.39. The number of carbonyl (C=O) groups excluding carboxylic acids is 2. The van der Waals surface area contributed by atoms with Crippen LogP contribution in [-0.2, 0) is 14.5 Å². The van der Waals surface area contributed by atoms with Crippen molar-refractivity contribution < 1.29 is 28.7 Å². The first-order valence-electron chi connectivity index (χ1n) is 8.99. The van der Waals surface area contributed by atoms with E-state index in [2.05, 4.69) is 64.9 Å². The van der Waals surface area contributed by atoms with Gasteiger partial charge in [-0.25, -0.2) is 4.98 Å². The second kappa shape index (κ2) is 13.0. The fraction of sp³-hybridized carbons (Fsp3) is 0.368. The maximum atomic E-state index is 12.0. The molecule has 2 aromatic rings. The van der Waals surface area contributed by atoms with Gasteiger partial charge in [0.25, 0.3) is 5.91 Å². The van der Waals surface area contributed by atoms with Gasteiger partial charge in [-0.15, -0.1) is 0 Å². The Hall–Kier alpha value is -0.0956. The van der Waals surface area contributed by atoms with E-state index in [1.54, 1.807) is 29.3 Å². The van der Waals surface area contributed by atoms with Crippen LogP contribution in [0.2, 0.25) is 0 Å². The molecule has 0 aliphatic carbocycles. The fourth-order valence-electron chi connectivity index (χ4n) is 3.29. The number of amides is 2. The number of hydrogen-bond donors (Lipinski definition) is 1. The third kappa shape index (κ3) is 7.45. The Labute approximate surface area is 219 Å². The molecular formula is C19H22I3N3O5V-. The van der Waals surface area contributed by atoms with E-state index >= 15 is 0 Å². The minimum atomic E-state index is -0.572. The van der Waals surface area contributed by atoms with Crippen LogP contribution in [0.4, 0.5) is 0 Å². The van der Waals surface area contributed by atoms with Gasteiger partial charge in [0.1, 0.15) is 25.7 Å². The van der Waals surface area contributed by atoms with Crippen molar-refractivity contribution in [2.24, 2.45) is 5.73 Å². The van der Waals surface area contributed by atoms with Crippen LogP contribution < -0.4 is 15.2 Å². The summed E-state index contributed by atoms with van der Waals surface area (Å²) < 4.78 is 17.2. The van der Waals surface area contributed by atoms with Gasteiger partial charge >= 0.3 is 64.9 Å². The zero-order valence-electron chi connectivity index (χ0n) is 16.7. The summed E-state index contributed by atoms with van der Waals surface area (Å²) in [7, 11) is 0. The van der Waals surface area contributed by atoms with Crippen molar-refractivity contribution in [2.45, 2.75) is 18.9 Å². The van der Waals surface area contributed by atoms with Crippen LogP contribution in [0.15, 0.2) is 24.4 Å². The minimum absolute atomic E-state index is 0. The number of aromatic nitrogens is 1. The number of rotatable bonds is 1. The molecule has 1 atom stereocenters. The standard InChI is InChI=1S/C18H19N3O5.CH3.3HI.V/c19-17(23)14-7-11-3-4-20-18-13(11)8-15(14)25-6-5-24-10-21-12(9-26-18)1-2-16(21)22;;;;;/h3-4,7-8,12H,1-2,5-6,9-10H2,(H2,19,23);1H3;3*1H;/q;-1;;;;+3/p-3/t12-;;;;;/m0...../s1. The van der Waals surface area contributed by atoms with E-state index in [-0.39, 0.29) is 44.2 Å². The first-order chi connectivity index (χ1) is 14.4. The zero-order chi connectivity index (χ0) is 21.7. The molecule has 2 aliphatic heterocycles. The summed E-state index contributed by atoms with van der Waals surface area (Å²) in [6.07, 6.45) is 2.82. The van der Waals surface area contributed by atoms with Crippen molar-refractivity contribution >= 4 is 82.5 Å². The third-order valence-corrected chi connectivity index (χ3v) is 4.67. The van der Waals surface area contributed by atoms with E-state index in [0.717, 1.165) is 17.2 Å². The molecule has 1 fully saturated rings. The van der Waals surface area contributed by atoms with Crippen LogP contribution in [0, 0.1) is 7.43 Å². The Morgan fingerprint density at radius 1 is 1.23 bits per heavy atom. The topological polar surface area (TPSA) is 104 Å². The number of halogens is 3. The Morgan fingerprint density at radius 2 is 1.97 bits per heavy atom. The molecule has 3 heterocycles. The van der Waals surface area contributed by atoms with Gasteiger partial charge < -0.3 is 32.3 Å². The van der Waals surface area contributed by atoms with Gasteiger partial charge in [0, 0.05) is 18.0 Å². The zero-order valence-corrected chi connectivity index (χ0v) is 24.6. The summed E-state index contributed by atoms with van der Waals surface area (Å²) in [5.41, 5.74) is 5.77. The molecule has 2 aliphatic rings. The van der Waals surface area contributed by atoms with Crippen molar-refractivity contribution in [3.05, 3.63) is 37.4 Å². The number of fused-ring (bicyclic) bond motifs is 2. The number of benzene rings is 1. The number of primary amides is 1. The average molecular weight is 804 g/mol. The van der Waals surface area contributed by atoms with Crippen molar-refractivity contribution in [1.29, 1.82) is 0 Å². The summed E-state index contributed by atoms with van der Waals surface area (Å²) in [5.74, 6) is 0.278. The molecule has 0 spiro atoms. The first-order valence-corrected chi connectivity index (χ1v) is 22.5. The first kappa shape index (κ1) is 27.2. The second-order valence-corrected chi connectivity index (χ2v) is 41.9. The van der Waals surface area contributed by atoms with E-state index in [4.69, 9.17) is 19.9 Å². The van der Waals surface area contributed by atoms with Gasteiger partial charge in [0.2, 0.25) is 11.8 Å². The molecule has 0 unspecified atom stereocenters. The van der Waals surface area contributed by atoms with Crippen LogP contribution in [0.25, 0.3) is 10.8 Å². The second-order valence-electron chi connectivity index (χ2n) is 6.49. The normalized spacial score (nSPS) is 18.4. The number of pyridine rings is 1. The van der Waals surface area contributed by atoms with Crippen molar-refractivity contribution in [1.82, 2.24) is 9.88 Å². The maximum absolute atomic E-state index is 12.0. The predicted molar refractivity (Wildman–Crippen MR) is 140 cm³/mol. The molecular weight excluding hydrogens is 782 g/mol.